The molecule has 9 atom stereocenters. The minimum Gasteiger partial charge on any atom is -0.462 e. The summed E-state index contributed by atoms with van der Waals surface area (Å²) in [5.41, 5.74) is 4.58. The standard InChI is InChI=1S/C52H81N3O16P2/c1-3-5-7-8-9-10-11-12-13-14-19-22-25-28-32-36-48(57)68-42(39-65-47(56)35-31-27-24-21-18-16-15-17-20-23-26-30-34-44-43(69-44)33-29-6-4-2)40-66-72(61,62)71-73(63,64)67-41-45-49(58)50(59)51(70-45)55-38-37-46(53)54-52(55)60/h6,10-13,16-18,20,24,26-27,29-30,37-38,42-45,49-51,58-59H,3-5,7-9,14-15,19,21-23,25,28,31-36,39-41H2,1-2H3,(H,61,62)(H,63,64)(H2,53,54,60)/b11-10-,13-12-,18-16-,20-17-,27-24-,29-6-,30-26-/t42-,43?,44?,45-,49-,50-,51-/m1/s1. The molecule has 0 amide bonds. The zero-order valence-electron chi connectivity index (χ0n) is 42.6. The topological polar surface area (TPSA) is 278 Å². The first-order valence-corrected chi connectivity index (χ1v) is 28.7. The highest BCUT2D eigenvalue weighted by Crippen LogP contribution is 2.60. The SMILES string of the molecule is CC/C=C\CC1OC1C/C=C\C/C=C\C/C=C\C/C=C\CCC(=O)OC[C@H](COP(=O)(O)OP(=O)(O)OC[C@H]1O[C@@H](n2ccc(N)nc2=O)[C@H](O)[C@@H]1O)OC(=O)CCCCCCC/C=C\C=C/CCCCCC. The number of phosphoric acid groups is 2. The van der Waals surface area contributed by atoms with Crippen LogP contribution in [-0.2, 0) is 51.0 Å². The number of nitrogens with two attached hydrogens (primary N) is 1. The summed E-state index contributed by atoms with van der Waals surface area (Å²) in [5, 5.41) is 20.9. The van der Waals surface area contributed by atoms with E-state index in [4.69, 9.17) is 33.7 Å². The largest absolute Gasteiger partial charge is 0.481 e. The van der Waals surface area contributed by atoms with Gasteiger partial charge in [0.25, 0.3) is 0 Å². The quantitative estimate of drug-likeness (QED) is 0.0102. The van der Waals surface area contributed by atoms with Crippen molar-refractivity contribution in [3.05, 3.63) is 108 Å². The van der Waals surface area contributed by atoms with Crippen molar-refractivity contribution < 1.29 is 71.0 Å². The van der Waals surface area contributed by atoms with E-state index in [9.17, 15) is 43.5 Å². The fourth-order valence-electron chi connectivity index (χ4n) is 7.31. The van der Waals surface area contributed by atoms with Gasteiger partial charge in [0.2, 0.25) is 0 Å². The lowest BCUT2D eigenvalue weighted by Crippen LogP contribution is -2.36. The summed E-state index contributed by atoms with van der Waals surface area (Å²) < 4.78 is 62.4. The minimum absolute atomic E-state index is 0.00946. The average Bonchev–Trinajstić information content (AvgIpc) is 4.04. The minimum atomic E-state index is -5.45. The van der Waals surface area contributed by atoms with Crippen LogP contribution in [0.3, 0.4) is 0 Å². The number of hydrogen-bond donors (Lipinski definition) is 5. The van der Waals surface area contributed by atoms with Crippen molar-refractivity contribution in [2.24, 2.45) is 0 Å². The van der Waals surface area contributed by atoms with E-state index in [1.165, 1.54) is 31.7 Å². The Labute approximate surface area is 431 Å². The van der Waals surface area contributed by atoms with E-state index in [0.29, 0.717) is 31.5 Å². The highest BCUT2D eigenvalue weighted by Gasteiger charge is 2.46. The number of rotatable bonds is 40. The van der Waals surface area contributed by atoms with Crippen LogP contribution in [0.1, 0.15) is 148 Å². The third-order valence-electron chi connectivity index (χ3n) is 11.4. The molecule has 0 saturated carbocycles. The monoisotopic (exact) mass is 1070 g/mol. The first kappa shape index (κ1) is 63.2. The fraction of sp³-hybridized carbons (Fsp3) is 0.615. The number of ether oxygens (including phenoxy) is 4. The zero-order chi connectivity index (χ0) is 53.2. The number of anilines is 1. The highest BCUT2D eigenvalue weighted by atomic mass is 31.3. The van der Waals surface area contributed by atoms with Crippen molar-refractivity contribution >= 4 is 33.4 Å². The van der Waals surface area contributed by atoms with Gasteiger partial charge in [-0.15, -0.1) is 0 Å². The normalized spacial score (nSPS) is 22.4. The molecule has 3 heterocycles. The lowest BCUT2D eigenvalue weighted by molar-refractivity contribution is -0.161. The number of phosphoric ester groups is 2. The molecule has 0 aromatic carbocycles. The number of aliphatic hydroxyl groups excluding tert-OH is 2. The van der Waals surface area contributed by atoms with E-state index in [1.54, 1.807) is 0 Å². The van der Waals surface area contributed by atoms with Gasteiger partial charge in [-0.3, -0.25) is 23.2 Å². The molecule has 2 fully saturated rings. The molecule has 2 aliphatic heterocycles. The van der Waals surface area contributed by atoms with Crippen molar-refractivity contribution in [3.8, 4) is 0 Å². The first-order valence-electron chi connectivity index (χ1n) is 25.7. The predicted molar refractivity (Wildman–Crippen MR) is 279 cm³/mol. The van der Waals surface area contributed by atoms with Crippen LogP contribution in [0.15, 0.2) is 102 Å². The van der Waals surface area contributed by atoms with Crippen LogP contribution in [-0.4, -0.2) is 97.9 Å². The molecule has 410 valence electrons. The molecule has 0 aliphatic carbocycles. The molecular weight excluding hydrogens is 985 g/mol. The summed E-state index contributed by atoms with van der Waals surface area (Å²) >= 11 is 0. The second-order valence-corrected chi connectivity index (χ2v) is 20.7. The Bertz CT molecular complexity index is 2120. The number of unbranched alkanes of at least 4 members (excludes halogenated alkanes) is 9. The molecule has 6 N–H and O–H groups in total. The van der Waals surface area contributed by atoms with Crippen molar-refractivity contribution in [1.29, 1.82) is 0 Å². The van der Waals surface area contributed by atoms with Gasteiger partial charge in [0.1, 0.15) is 30.7 Å². The Morgan fingerprint density at radius 2 is 1.29 bits per heavy atom. The Hall–Kier alpha value is -4.10. The Morgan fingerprint density at radius 1 is 0.699 bits per heavy atom. The van der Waals surface area contributed by atoms with Crippen LogP contribution in [0.25, 0.3) is 0 Å². The van der Waals surface area contributed by atoms with E-state index in [0.717, 1.165) is 81.4 Å². The molecule has 1 aromatic heterocycles. The van der Waals surface area contributed by atoms with Gasteiger partial charge in [-0.2, -0.15) is 9.29 Å². The average molecular weight is 1070 g/mol. The van der Waals surface area contributed by atoms with Gasteiger partial charge in [-0.1, -0.05) is 137 Å². The van der Waals surface area contributed by atoms with E-state index in [-0.39, 0.29) is 18.7 Å². The van der Waals surface area contributed by atoms with Crippen molar-refractivity contribution in [1.82, 2.24) is 9.55 Å². The van der Waals surface area contributed by atoms with Gasteiger partial charge in [0, 0.05) is 19.0 Å². The van der Waals surface area contributed by atoms with Gasteiger partial charge in [0.15, 0.2) is 12.3 Å². The van der Waals surface area contributed by atoms with E-state index >= 15 is 0 Å². The number of nitrogen functional groups attached to an aromatic ring is 1. The smallest absolute Gasteiger partial charge is 0.462 e. The van der Waals surface area contributed by atoms with Crippen LogP contribution in [0.5, 0.6) is 0 Å². The maximum Gasteiger partial charge on any atom is 0.481 e. The van der Waals surface area contributed by atoms with Gasteiger partial charge in [-0.05, 0) is 83.1 Å². The van der Waals surface area contributed by atoms with Gasteiger partial charge >= 0.3 is 33.3 Å². The Kier molecular flexibility index (Phi) is 31.8. The second-order valence-electron chi connectivity index (χ2n) is 17.7. The molecule has 1 aromatic rings. The third-order valence-corrected chi connectivity index (χ3v) is 14.0. The van der Waals surface area contributed by atoms with Gasteiger partial charge in [-0.25, -0.2) is 13.9 Å². The maximum atomic E-state index is 12.9. The maximum absolute atomic E-state index is 12.9. The van der Waals surface area contributed by atoms with Crippen molar-refractivity contribution in [2.45, 2.75) is 185 Å². The molecule has 19 nitrogen and oxygen atoms in total. The molecule has 0 radical (unpaired) electrons. The zero-order valence-corrected chi connectivity index (χ0v) is 44.4. The molecule has 3 rings (SSSR count). The van der Waals surface area contributed by atoms with Crippen LogP contribution >= 0.6 is 15.6 Å². The molecule has 2 saturated heterocycles. The van der Waals surface area contributed by atoms with Crippen LogP contribution < -0.4 is 11.4 Å². The Morgan fingerprint density at radius 3 is 1.93 bits per heavy atom. The molecular formula is C52H81N3O16P2. The van der Waals surface area contributed by atoms with Crippen LogP contribution in [0, 0.1) is 0 Å². The van der Waals surface area contributed by atoms with Crippen LogP contribution in [0.4, 0.5) is 5.82 Å². The lowest BCUT2D eigenvalue weighted by Gasteiger charge is -2.21. The van der Waals surface area contributed by atoms with Crippen LogP contribution in [0.2, 0.25) is 0 Å². The summed E-state index contributed by atoms with van der Waals surface area (Å²) in [6.45, 7) is 1.92. The summed E-state index contributed by atoms with van der Waals surface area (Å²) in [7, 11) is -10.9. The van der Waals surface area contributed by atoms with Crippen molar-refractivity contribution in [3.63, 3.8) is 0 Å². The molecule has 0 spiro atoms. The molecule has 21 heteroatoms. The van der Waals surface area contributed by atoms with E-state index in [2.05, 4.69) is 90.0 Å². The third kappa shape index (κ3) is 29.0. The summed E-state index contributed by atoms with van der Waals surface area (Å²) in [4.78, 5) is 61.9. The predicted octanol–water partition coefficient (Wildman–Crippen LogP) is 9.65. The molecule has 4 unspecified atom stereocenters. The molecule has 73 heavy (non-hydrogen) atoms. The fourth-order valence-corrected chi connectivity index (χ4v) is 9.42. The van der Waals surface area contributed by atoms with Crippen molar-refractivity contribution in [2.75, 3.05) is 25.6 Å². The lowest BCUT2D eigenvalue weighted by atomic mass is 10.1. The number of allylic oxidation sites excluding steroid dienone is 12. The second kappa shape index (κ2) is 36.8. The number of nitrogens with zero attached hydrogens (tertiary/aromatic N) is 2. The highest BCUT2D eigenvalue weighted by molar-refractivity contribution is 7.61. The van der Waals surface area contributed by atoms with Gasteiger partial charge < -0.3 is 44.7 Å². The molecule has 0 bridgehead atoms. The number of hydrogen-bond acceptors (Lipinski definition) is 16. The van der Waals surface area contributed by atoms with E-state index < -0.39 is 83.7 Å². The number of carbonyl (C=O) groups excluding carboxylic acids is 2. The number of esters is 2. The van der Waals surface area contributed by atoms with Gasteiger partial charge in [0.05, 0.1) is 25.4 Å². The van der Waals surface area contributed by atoms with E-state index in [1.807, 2.05) is 18.2 Å². The summed E-state index contributed by atoms with van der Waals surface area (Å²) in [6, 6.07) is 1.24. The number of carbonyl (C=O) groups is 2. The Balaban J connectivity index is 1.41. The molecule has 2 aliphatic rings. The number of epoxide rings is 1. The summed E-state index contributed by atoms with van der Waals surface area (Å²) in [5.74, 6) is -1.43. The first-order chi connectivity index (χ1) is 35.1. The summed E-state index contributed by atoms with van der Waals surface area (Å²) in [6.07, 6.45) is 40.0. The number of aliphatic hydroxyl groups is 2. The number of aromatic nitrogens is 2.